The van der Waals surface area contributed by atoms with Crippen molar-refractivity contribution in [1.29, 1.82) is 0 Å². The lowest BCUT2D eigenvalue weighted by Gasteiger charge is -2.36. The number of anilines is 2. The third-order valence-electron chi connectivity index (χ3n) is 4.29. The minimum absolute atomic E-state index is 0.570. The fourth-order valence-electron chi connectivity index (χ4n) is 2.69. The average molecular weight is 352 g/mol. The van der Waals surface area contributed by atoms with Crippen LogP contribution in [-0.2, 0) is 6.42 Å². The van der Waals surface area contributed by atoms with Gasteiger partial charge in [-0.05, 0) is 20.8 Å². The van der Waals surface area contributed by atoms with Crippen molar-refractivity contribution in [2.45, 2.75) is 34.1 Å². The molecule has 0 N–H and O–H groups in total. The molecule has 0 saturated carbocycles. The average Bonchev–Trinajstić information content (AvgIpc) is 2.89. The van der Waals surface area contributed by atoms with Crippen molar-refractivity contribution in [3.05, 3.63) is 27.1 Å². The van der Waals surface area contributed by atoms with Crippen LogP contribution >= 0.6 is 22.9 Å². The molecule has 0 aromatic carbocycles. The molecule has 0 aliphatic carbocycles. The van der Waals surface area contributed by atoms with Crippen LogP contribution in [0, 0.1) is 20.8 Å². The Labute approximate surface area is 146 Å². The summed E-state index contributed by atoms with van der Waals surface area (Å²) < 4.78 is 0. The minimum atomic E-state index is 0.570. The Bertz CT molecular complexity index is 687. The van der Waals surface area contributed by atoms with Gasteiger partial charge in [-0.25, -0.2) is 15.0 Å². The summed E-state index contributed by atoms with van der Waals surface area (Å²) in [7, 11) is 0. The van der Waals surface area contributed by atoms with Gasteiger partial charge < -0.3 is 9.80 Å². The van der Waals surface area contributed by atoms with Crippen LogP contribution < -0.4 is 9.80 Å². The Kier molecular flexibility index (Phi) is 4.73. The van der Waals surface area contributed by atoms with E-state index < -0.39 is 0 Å². The van der Waals surface area contributed by atoms with E-state index in [9.17, 15) is 0 Å². The van der Waals surface area contributed by atoms with Crippen LogP contribution in [0.25, 0.3) is 0 Å². The summed E-state index contributed by atoms with van der Waals surface area (Å²) in [5, 5.41) is 1.70. The molecule has 3 heterocycles. The highest BCUT2D eigenvalue weighted by Gasteiger charge is 2.23. The molecule has 5 nitrogen and oxygen atoms in total. The van der Waals surface area contributed by atoms with Gasteiger partial charge in [0.05, 0.1) is 5.69 Å². The Morgan fingerprint density at radius 2 is 1.65 bits per heavy atom. The van der Waals surface area contributed by atoms with Crippen LogP contribution in [0.15, 0.2) is 0 Å². The molecular formula is C16H22ClN5S. The molecule has 0 radical (unpaired) electrons. The predicted octanol–water partition coefficient (Wildman–Crippen LogP) is 3.40. The van der Waals surface area contributed by atoms with Crippen molar-refractivity contribution in [3.63, 3.8) is 0 Å². The van der Waals surface area contributed by atoms with E-state index in [0.29, 0.717) is 5.15 Å². The number of rotatable bonds is 3. The summed E-state index contributed by atoms with van der Waals surface area (Å²) in [4.78, 5) is 19.7. The molecule has 0 unspecified atom stereocenters. The third-order valence-corrected chi connectivity index (χ3v) is 5.79. The molecule has 23 heavy (non-hydrogen) atoms. The highest BCUT2D eigenvalue weighted by Crippen LogP contribution is 2.28. The molecule has 2 aromatic heterocycles. The summed E-state index contributed by atoms with van der Waals surface area (Å²) >= 11 is 8.04. The zero-order valence-corrected chi connectivity index (χ0v) is 15.6. The molecule has 1 aliphatic rings. The van der Waals surface area contributed by atoms with Crippen molar-refractivity contribution < 1.29 is 0 Å². The van der Waals surface area contributed by atoms with Gasteiger partial charge in [-0.3, -0.25) is 0 Å². The first kappa shape index (κ1) is 16.5. The molecule has 124 valence electrons. The molecule has 2 aromatic rings. The van der Waals surface area contributed by atoms with Gasteiger partial charge in [0.25, 0.3) is 0 Å². The molecule has 0 spiro atoms. The topological polar surface area (TPSA) is 45.2 Å². The fourth-order valence-corrected chi connectivity index (χ4v) is 3.83. The number of halogens is 1. The summed E-state index contributed by atoms with van der Waals surface area (Å²) in [5.74, 6) is 1.79. The van der Waals surface area contributed by atoms with Gasteiger partial charge in [0, 0.05) is 43.0 Å². The van der Waals surface area contributed by atoms with Crippen molar-refractivity contribution >= 4 is 33.9 Å². The maximum absolute atomic E-state index is 6.27. The Balaban J connectivity index is 1.75. The number of piperazine rings is 1. The van der Waals surface area contributed by atoms with Gasteiger partial charge in [0.15, 0.2) is 5.13 Å². The van der Waals surface area contributed by atoms with Crippen molar-refractivity contribution in [3.8, 4) is 0 Å². The highest BCUT2D eigenvalue weighted by atomic mass is 35.5. The van der Waals surface area contributed by atoms with Gasteiger partial charge in [-0.1, -0.05) is 18.5 Å². The number of hydrogen-bond donors (Lipinski definition) is 0. The van der Waals surface area contributed by atoms with Crippen LogP contribution in [0.3, 0.4) is 0 Å². The van der Waals surface area contributed by atoms with Gasteiger partial charge in [0.2, 0.25) is 0 Å². The Morgan fingerprint density at radius 1 is 1.00 bits per heavy atom. The number of hydrogen-bond acceptors (Lipinski definition) is 6. The maximum atomic E-state index is 6.27. The SMILES string of the molecule is CCc1nc(Cl)c(C)c(N2CCN(c3nc(C)c(C)s3)CC2)n1. The first-order chi connectivity index (χ1) is 11.0. The number of thiazole rings is 1. The summed E-state index contributed by atoms with van der Waals surface area (Å²) in [5.41, 5.74) is 2.11. The Morgan fingerprint density at radius 3 is 2.22 bits per heavy atom. The molecule has 0 atom stereocenters. The standard InChI is InChI=1S/C16H22ClN5S/c1-5-13-19-14(17)10(2)15(20-13)21-6-8-22(9-7-21)16-18-11(3)12(4)23-16/h5-9H2,1-4H3. The lowest BCUT2D eigenvalue weighted by atomic mass is 10.2. The molecule has 1 aliphatic heterocycles. The van der Waals surface area contributed by atoms with Gasteiger partial charge in [0.1, 0.15) is 16.8 Å². The van der Waals surface area contributed by atoms with E-state index in [1.54, 1.807) is 11.3 Å². The van der Waals surface area contributed by atoms with E-state index >= 15 is 0 Å². The number of nitrogens with zero attached hydrogens (tertiary/aromatic N) is 5. The van der Waals surface area contributed by atoms with Gasteiger partial charge in [-0.15, -0.1) is 11.3 Å². The van der Waals surface area contributed by atoms with Crippen LogP contribution in [0.5, 0.6) is 0 Å². The zero-order chi connectivity index (χ0) is 16.6. The number of aryl methyl sites for hydroxylation is 3. The molecule has 1 fully saturated rings. The predicted molar refractivity (Wildman–Crippen MR) is 97.2 cm³/mol. The van der Waals surface area contributed by atoms with E-state index in [0.717, 1.165) is 60.6 Å². The largest absolute Gasteiger partial charge is 0.353 e. The smallest absolute Gasteiger partial charge is 0.185 e. The van der Waals surface area contributed by atoms with Gasteiger partial charge >= 0.3 is 0 Å². The van der Waals surface area contributed by atoms with Crippen LogP contribution in [-0.4, -0.2) is 41.1 Å². The van der Waals surface area contributed by atoms with E-state index in [-0.39, 0.29) is 0 Å². The van der Waals surface area contributed by atoms with Crippen molar-refractivity contribution in [2.75, 3.05) is 36.0 Å². The molecule has 0 amide bonds. The van der Waals surface area contributed by atoms with Crippen LogP contribution in [0.2, 0.25) is 5.15 Å². The third kappa shape index (κ3) is 3.28. The second-order valence-corrected chi connectivity index (χ2v) is 7.38. The van der Waals surface area contributed by atoms with E-state index in [4.69, 9.17) is 16.6 Å². The monoisotopic (exact) mass is 351 g/mol. The summed E-state index contributed by atoms with van der Waals surface area (Å²) in [6.45, 7) is 12.0. The van der Waals surface area contributed by atoms with Crippen LogP contribution in [0.4, 0.5) is 10.9 Å². The quantitative estimate of drug-likeness (QED) is 0.793. The molecular weight excluding hydrogens is 330 g/mol. The van der Waals surface area contributed by atoms with Gasteiger partial charge in [-0.2, -0.15) is 0 Å². The molecule has 0 bridgehead atoms. The molecule has 7 heteroatoms. The lowest BCUT2D eigenvalue weighted by molar-refractivity contribution is 0.641. The fraction of sp³-hybridized carbons (Fsp3) is 0.562. The lowest BCUT2D eigenvalue weighted by Crippen LogP contribution is -2.47. The second kappa shape index (κ2) is 6.61. The summed E-state index contributed by atoms with van der Waals surface area (Å²) in [6, 6.07) is 0. The number of aromatic nitrogens is 3. The van der Waals surface area contributed by atoms with E-state index in [1.807, 2.05) is 6.92 Å². The zero-order valence-electron chi connectivity index (χ0n) is 14.1. The van der Waals surface area contributed by atoms with E-state index in [2.05, 4.69) is 40.5 Å². The first-order valence-corrected chi connectivity index (χ1v) is 9.16. The highest BCUT2D eigenvalue weighted by molar-refractivity contribution is 7.15. The second-order valence-electron chi connectivity index (χ2n) is 5.84. The Hall–Kier alpha value is -1.40. The van der Waals surface area contributed by atoms with Crippen molar-refractivity contribution in [1.82, 2.24) is 15.0 Å². The maximum Gasteiger partial charge on any atom is 0.185 e. The molecule has 3 rings (SSSR count). The molecule has 1 saturated heterocycles. The first-order valence-electron chi connectivity index (χ1n) is 7.96. The minimum Gasteiger partial charge on any atom is -0.353 e. The van der Waals surface area contributed by atoms with Crippen LogP contribution in [0.1, 0.15) is 28.9 Å². The van der Waals surface area contributed by atoms with Crippen molar-refractivity contribution in [2.24, 2.45) is 0 Å². The normalized spacial score (nSPS) is 15.3. The van der Waals surface area contributed by atoms with E-state index in [1.165, 1.54) is 4.88 Å². The summed E-state index contributed by atoms with van der Waals surface area (Å²) in [6.07, 6.45) is 0.796.